The Hall–Kier alpha value is -1.05. The summed E-state index contributed by atoms with van der Waals surface area (Å²) in [5.41, 5.74) is 0.482. The molecule has 0 saturated carbocycles. The molecule has 0 aliphatic heterocycles. The molecule has 0 fully saturated rings. The number of hydrogen-bond acceptors (Lipinski definition) is 4. The van der Waals surface area contributed by atoms with Gasteiger partial charge in [0.25, 0.3) is 5.89 Å². The molecule has 0 aliphatic carbocycles. The van der Waals surface area contributed by atoms with Gasteiger partial charge in [0.15, 0.2) is 0 Å². The van der Waals surface area contributed by atoms with Crippen molar-refractivity contribution in [3.05, 3.63) is 28.1 Å². The number of aromatic nitrogens is 3. The lowest BCUT2D eigenvalue weighted by atomic mass is 10.3. The van der Waals surface area contributed by atoms with E-state index in [1.54, 1.807) is 0 Å². The zero-order chi connectivity index (χ0) is 9.26. The maximum atomic E-state index is 12.7. The molecular formula is C7H3FIN3O. The monoisotopic (exact) mass is 291 g/mol. The summed E-state index contributed by atoms with van der Waals surface area (Å²) < 4.78 is 18.0. The highest BCUT2D eigenvalue weighted by Crippen LogP contribution is 2.16. The third kappa shape index (κ3) is 1.82. The normalized spacial score (nSPS) is 10.3. The predicted molar refractivity (Wildman–Crippen MR) is 50.2 cm³/mol. The van der Waals surface area contributed by atoms with Gasteiger partial charge in [-0.2, -0.15) is 4.98 Å². The molecule has 6 heteroatoms. The van der Waals surface area contributed by atoms with Gasteiger partial charge in [0, 0.05) is 28.8 Å². The Morgan fingerprint density at radius 1 is 1.38 bits per heavy atom. The van der Waals surface area contributed by atoms with Crippen LogP contribution >= 0.6 is 22.6 Å². The fourth-order valence-corrected chi connectivity index (χ4v) is 1.17. The molecule has 66 valence electrons. The Morgan fingerprint density at radius 3 is 2.85 bits per heavy atom. The lowest BCUT2D eigenvalue weighted by Gasteiger charge is -1.91. The second kappa shape index (κ2) is 3.36. The molecule has 0 atom stereocenters. The van der Waals surface area contributed by atoms with Gasteiger partial charge in [-0.3, -0.25) is 4.98 Å². The molecule has 0 aliphatic rings. The van der Waals surface area contributed by atoms with E-state index in [4.69, 9.17) is 4.52 Å². The van der Waals surface area contributed by atoms with Crippen molar-refractivity contribution in [3.63, 3.8) is 0 Å². The van der Waals surface area contributed by atoms with E-state index in [-0.39, 0.29) is 5.89 Å². The van der Waals surface area contributed by atoms with E-state index < -0.39 is 5.82 Å². The average Bonchev–Trinajstić information content (AvgIpc) is 2.52. The third-order valence-electron chi connectivity index (χ3n) is 1.35. The highest BCUT2D eigenvalue weighted by Gasteiger charge is 2.07. The Balaban J connectivity index is 2.46. The van der Waals surface area contributed by atoms with E-state index in [2.05, 4.69) is 15.1 Å². The fraction of sp³-hybridized carbons (Fsp3) is 0. The second-order valence-corrected chi connectivity index (χ2v) is 3.23. The summed E-state index contributed by atoms with van der Waals surface area (Å²) in [5.74, 6) is -0.151. The Labute approximate surface area is 86.3 Å². The van der Waals surface area contributed by atoms with Gasteiger partial charge in [-0.05, 0) is 6.07 Å². The molecular weight excluding hydrogens is 288 g/mol. The van der Waals surface area contributed by atoms with E-state index in [1.807, 2.05) is 22.6 Å². The fourth-order valence-electron chi connectivity index (χ4n) is 0.852. The number of nitrogens with zero attached hydrogens (tertiary/aromatic N) is 3. The molecule has 0 amide bonds. The van der Waals surface area contributed by atoms with Crippen LogP contribution in [-0.4, -0.2) is 15.1 Å². The van der Waals surface area contributed by atoms with E-state index in [0.29, 0.717) is 9.39 Å². The van der Waals surface area contributed by atoms with Gasteiger partial charge >= 0.3 is 0 Å². The van der Waals surface area contributed by atoms with E-state index in [0.717, 1.165) is 6.20 Å². The number of halogens is 2. The van der Waals surface area contributed by atoms with Crippen LogP contribution in [0.25, 0.3) is 11.5 Å². The van der Waals surface area contributed by atoms with Gasteiger partial charge in [-0.1, -0.05) is 5.16 Å². The molecule has 2 aromatic rings. The van der Waals surface area contributed by atoms with Crippen LogP contribution in [0.4, 0.5) is 4.39 Å². The van der Waals surface area contributed by atoms with Crippen molar-refractivity contribution < 1.29 is 8.91 Å². The number of rotatable bonds is 1. The predicted octanol–water partition coefficient (Wildman–Crippen LogP) is 1.88. The lowest BCUT2D eigenvalue weighted by molar-refractivity contribution is 0.425. The van der Waals surface area contributed by atoms with Crippen LogP contribution in [0, 0.1) is 9.65 Å². The van der Waals surface area contributed by atoms with E-state index in [1.165, 1.54) is 12.3 Å². The summed E-state index contributed by atoms with van der Waals surface area (Å²) in [6.45, 7) is 0. The summed E-state index contributed by atoms with van der Waals surface area (Å²) in [4.78, 5) is 7.59. The number of pyridine rings is 1. The standard InChI is InChI=1S/C7H3FIN3O/c8-5-1-4(2-10-3-5)6-11-7(9)12-13-6/h1-3H. The van der Waals surface area contributed by atoms with Crippen molar-refractivity contribution in [2.45, 2.75) is 0 Å². The molecule has 2 heterocycles. The minimum absolute atomic E-state index is 0.274. The first-order valence-corrected chi connectivity index (χ1v) is 4.44. The second-order valence-electron chi connectivity index (χ2n) is 2.26. The topological polar surface area (TPSA) is 51.8 Å². The first kappa shape index (κ1) is 8.54. The van der Waals surface area contributed by atoms with E-state index >= 15 is 0 Å². The highest BCUT2D eigenvalue weighted by atomic mass is 127. The lowest BCUT2D eigenvalue weighted by Crippen LogP contribution is -1.82. The summed E-state index contributed by atoms with van der Waals surface area (Å²) in [7, 11) is 0. The molecule has 0 saturated heterocycles. The maximum Gasteiger partial charge on any atom is 0.260 e. The van der Waals surface area contributed by atoms with Crippen LogP contribution in [0.15, 0.2) is 23.0 Å². The molecule has 0 unspecified atom stereocenters. The Morgan fingerprint density at radius 2 is 2.23 bits per heavy atom. The summed E-state index contributed by atoms with van der Waals surface area (Å²) in [6, 6.07) is 1.29. The van der Waals surface area contributed by atoms with Gasteiger partial charge < -0.3 is 4.52 Å². The van der Waals surface area contributed by atoms with Crippen LogP contribution in [0.3, 0.4) is 0 Å². The van der Waals surface area contributed by atoms with Crippen LogP contribution in [-0.2, 0) is 0 Å². The van der Waals surface area contributed by atoms with Crippen LogP contribution < -0.4 is 0 Å². The van der Waals surface area contributed by atoms with Gasteiger partial charge in [-0.25, -0.2) is 4.39 Å². The van der Waals surface area contributed by atoms with E-state index in [9.17, 15) is 4.39 Å². The molecule has 2 rings (SSSR count). The molecule has 0 radical (unpaired) electrons. The average molecular weight is 291 g/mol. The summed E-state index contributed by atoms with van der Waals surface area (Å²) in [5, 5.41) is 3.57. The Kier molecular flexibility index (Phi) is 2.21. The minimum Gasteiger partial charge on any atom is -0.333 e. The van der Waals surface area contributed by atoms with Crippen LogP contribution in [0.1, 0.15) is 0 Å². The minimum atomic E-state index is -0.425. The smallest absolute Gasteiger partial charge is 0.260 e. The zero-order valence-electron chi connectivity index (χ0n) is 6.24. The largest absolute Gasteiger partial charge is 0.333 e. The van der Waals surface area contributed by atoms with Crippen LogP contribution in [0.2, 0.25) is 0 Å². The van der Waals surface area contributed by atoms with Crippen molar-refractivity contribution in [2.24, 2.45) is 0 Å². The molecule has 0 bridgehead atoms. The van der Waals surface area contributed by atoms with Gasteiger partial charge in [-0.15, -0.1) is 0 Å². The Bertz CT molecular complexity index is 431. The first-order valence-electron chi connectivity index (χ1n) is 3.36. The molecule has 0 N–H and O–H groups in total. The van der Waals surface area contributed by atoms with Gasteiger partial charge in [0.1, 0.15) is 5.82 Å². The van der Waals surface area contributed by atoms with Gasteiger partial charge in [0.2, 0.25) is 3.83 Å². The SMILES string of the molecule is Fc1cncc(-c2nc(I)no2)c1. The maximum absolute atomic E-state index is 12.7. The molecule has 4 nitrogen and oxygen atoms in total. The summed E-state index contributed by atoms with van der Waals surface area (Å²) in [6.07, 6.45) is 2.58. The summed E-state index contributed by atoms with van der Waals surface area (Å²) >= 11 is 1.91. The third-order valence-corrected chi connectivity index (χ3v) is 1.79. The van der Waals surface area contributed by atoms with Crippen LogP contribution in [0.5, 0.6) is 0 Å². The molecule has 0 spiro atoms. The highest BCUT2D eigenvalue weighted by molar-refractivity contribution is 14.1. The van der Waals surface area contributed by atoms with Crippen molar-refractivity contribution in [1.82, 2.24) is 15.1 Å². The van der Waals surface area contributed by atoms with Gasteiger partial charge in [0.05, 0.1) is 11.8 Å². The van der Waals surface area contributed by atoms with Crippen molar-refractivity contribution >= 4 is 22.6 Å². The molecule has 0 aromatic carbocycles. The van der Waals surface area contributed by atoms with Crippen molar-refractivity contribution in [2.75, 3.05) is 0 Å². The quantitative estimate of drug-likeness (QED) is 0.753. The first-order chi connectivity index (χ1) is 6.25. The van der Waals surface area contributed by atoms with Crippen molar-refractivity contribution in [1.29, 1.82) is 0 Å². The number of hydrogen-bond donors (Lipinski definition) is 0. The molecule has 13 heavy (non-hydrogen) atoms. The van der Waals surface area contributed by atoms with Crippen molar-refractivity contribution in [3.8, 4) is 11.5 Å². The zero-order valence-corrected chi connectivity index (χ0v) is 8.40. The molecule has 2 aromatic heterocycles.